The van der Waals surface area contributed by atoms with Crippen molar-refractivity contribution in [2.75, 3.05) is 32.7 Å². The lowest BCUT2D eigenvalue weighted by atomic mass is 10.0. The van der Waals surface area contributed by atoms with Gasteiger partial charge < -0.3 is 21.1 Å². The maximum atomic E-state index is 12.1. The number of carbonyl (C=O) groups excluding carboxylic acids is 2. The fourth-order valence-corrected chi connectivity index (χ4v) is 2.15. The summed E-state index contributed by atoms with van der Waals surface area (Å²) in [5.41, 5.74) is 4.44. The van der Waals surface area contributed by atoms with E-state index in [2.05, 4.69) is 5.32 Å². The Hall–Kier alpha value is -1.83. The third kappa shape index (κ3) is 5.43. The van der Waals surface area contributed by atoms with Crippen LogP contribution in [0.2, 0.25) is 0 Å². The van der Waals surface area contributed by atoms with E-state index in [0.717, 1.165) is 0 Å². The summed E-state index contributed by atoms with van der Waals surface area (Å²) >= 11 is 0. The van der Waals surface area contributed by atoms with Crippen molar-refractivity contribution in [1.29, 1.82) is 0 Å². The van der Waals surface area contributed by atoms with Crippen LogP contribution in [0.25, 0.3) is 0 Å². The second kappa shape index (κ2) is 6.56. The predicted octanol–water partition coefficient (Wildman–Crippen LogP) is -0.948. The first kappa shape index (κ1) is 16.2. The number of carboxylic acids is 1. The molecule has 1 saturated heterocycles. The number of urea groups is 1. The summed E-state index contributed by atoms with van der Waals surface area (Å²) in [7, 11) is 0. The Morgan fingerprint density at radius 3 is 2.20 bits per heavy atom. The molecule has 0 saturated carbocycles. The molecule has 3 amide bonds. The second-order valence-corrected chi connectivity index (χ2v) is 5.61. The molecule has 0 aromatic carbocycles. The average Bonchev–Trinajstić information content (AvgIpc) is 2.26. The standard InChI is InChI=1S/C12H22N4O4/c1-12(2,7-9(13)17)14-11(20)16-5-3-15(4-6-16)8-10(18)19/h3-8H2,1-2H3,(H2,13,17)(H,14,20)(H,18,19). The number of piperazine rings is 1. The van der Waals surface area contributed by atoms with Crippen LogP contribution in [0.5, 0.6) is 0 Å². The molecule has 114 valence electrons. The maximum absolute atomic E-state index is 12.1. The lowest BCUT2D eigenvalue weighted by Gasteiger charge is -2.36. The Kier molecular flexibility index (Phi) is 5.32. The summed E-state index contributed by atoms with van der Waals surface area (Å²) in [6, 6.07) is -0.258. The van der Waals surface area contributed by atoms with Gasteiger partial charge in [0.15, 0.2) is 0 Å². The number of carboxylic acid groups (broad SMARTS) is 1. The summed E-state index contributed by atoms with van der Waals surface area (Å²) in [6.07, 6.45) is 0.0672. The van der Waals surface area contributed by atoms with Gasteiger partial charge >= 0.3 is 12.0 Å². The normalized spacial score (nSPS) is 16.8. The smallest absolute Gasteiger partial charge is 0.317 e. The van der Waals surface area contributed by atoms with Gasteiger partial charge in [-0.2, -0.15) is 0 Å². The minimum atomic E-state index is -0.870. The van der Waals surface area contributed by atoms with Crippen LogP contribution in [0.1, 0.15) is 20.3 Å². The van der Waals surface area contributed by atoms with Crippen LogP contribution in [0.4, 0.5) is 4.79 Å². The largest absolute Gasteiger partial charge is 0.480 e. The van der Waals surface area contributed by atoms with Gasteiger partial charge in [-0.3, -0.25) is 14.5 Å². The van der Waals surface area contributed by atoms with Crippen LogP contribution >= 0.6 is 0 Å². The first-order chi connectivity index (χ1) is 9.19. The van der Waals surface area contributed by atoms with Crippen molar-refractivity contribution in [3.8, 4) is 0 Å². The van der Waals surface area contributed by atoms with Crippen LogP contribution in [-0.4, -0.2) is 71.1 Å². The molecule has 4 N–H and O–H groups in total. The van der Waals surface area contributed by atoms with Gasteiger partial charge in [0.05, 0.1) is 6.54 Å². The summed E-state index contributed by atoms with van der Waals surface area (Å²) in [5, 5.41) is 11.5. The van der Waals surface area contributed by atoms with E-state index in [9.17, 15) is 14.4 Å². The molecule has 0 bridgehead atoms. The van der Waals surface area contributed by atoms with Crippen molar-refractivity contribution in [1.82, 2.24) is 15.1 Å². The van der Waals surface area contributed by atoms with E-state index >= 15 is 0 Å². The molecule has 1 aliphatic heterocycles. The molecule has 1 rings (SSSR count). The Balaban J connectivity index is 2.43. The molecule has 0 aromatic rings. The van der Waals surface area contributed by atoms with Gasteiger partial charge in [-0.25, -0.2) is 4.79 Å². The molecule has 0 atom stereocenters. The molecular weight excluding hydrogens is 264 g/mol. The zero-order chi connectivity index (χ0) is 15.3. The Morgan fingerprint density at radius 2 is 1.75 bits per heavy atom. The number of hydrogen-bond donors (Lipinski definition) is 3. The van der Waals surface area contributed by atoms with Gasteiger partial charge in [-0.1, -0.05) is 0 Å². The van der Waals surface area contributed by atoms with Crippen molar-refractivity contribution < 1.29 is 19.5 Å². The maximum Gasteiger partial charge on any atom is 0.317 e. The summed E-state index contributed by atoms with van der Waals surface area (Å²) in [5.74, 6) is -1.34. The van der Waals surface area contributed by atoms with E-state index in [0.29, 0.717) is 26.2 Å². The van der Waals surface area contributed by atoms with Crippen molar-refractivity contribution in [2.24, 2.45) is 5.73 Å². The van der Waals surface area contributed by atoms with E-state index in [4.69, 9.17) is 10.8 Å². The molecule has 8 heteroatoms. The lowest BCUT2D eigenvalue weighted by molar-refractivity contribution is -0.138. The molecular formula is C12H22N4O4. The summed E-state index contributed by atoms with van der Waals surface area (Å²) < 4.78 is 0. The number of amides is 3. The predicted molar refractivity (Wildman–Crippen MR) is 72.1 cm³/mol. The summed E-state index contributed by atoms with van der Waals surface area (Å²) in [6.45, 7) is 5.43. The average molecular weight is 286 g/mol. The SMILES string of the molecule is CC(C)(CC(N)=O)NC(=O)N1CCN(CC(=O)O)CC1. The molecule has 1 aliphatic rings. The highest BCUT2D eigenvalue weighted by Crippen LogP contribution is 2.09. The number of nitrogens with zero attached hydrogens (tertiary/aromatic N) is 2. The van der Waals surface area contributed by atoms with E-state index in [-0.39, 0.29) is 19.0 Å². The first-order valence-corrected chi connectivity index (χ1v) is 6.49. The highest BCUT2D eigenvalue weighted by atomic mass is 16.4. The third-order valence-corrected chi connectivity index (χ3v) is 3.08. The molecule has 0 spiro atoms. The van der Waals surface area contributed by atoms with Crippen LogP contribution in [0.15, 0.2) is 0 Å². The zero-order valence-corrected chi connectivity index (χ0v) is 11.9. The molecule has 0 aliphatic carbocycles. The molecule has 1 heterocycles. The molecule has 8 nitrogen and oxygen atoms in total. The zero-order valence-electron chi connectivity index (χ0n) is 11.9. The van der Waals surface area contributed by atoms with E-state index in [1.807, 2.05) is 0 Å². The van der Waals surface area contributed by atoms with Crippen molar-refractivity contribution in [2.45, 2.75) is 25.8 Å². The molecule has 20 heavy (non-hydrogen) atoms. The van der Waals surface area contributed by atoms with Crippen molar-refractivity contribution in [3.63, 3.8) is 0 Å². The minimum absolute atomic E-state index is 0.0113. The fourth-order valence-electron chi connectivity index (χ4n) is 2.15. The number of carbonyl (C=O) groups is 3. The Bertz CT molecular complexity index is 389. The van der Waals surface area contributed by atoms with Crippen molar-refractivity contribution in [3.05, 3.63) is 0 Å². The van der Waals surface area contributed by atoms with Gasteiger partial charge in [-0.15, -0.1) is 0 Å². The van der Waals surface area contributed by atoms with Gasteiger partial charge in [0.2, 0.25) is 5.91 Å². The van der Waals surface area contributed by atoms with Gasteiger partial charge in [0.25, 0.3) is 0 Å². The van der Waals surface area contributed by atoms with E-state index in [1.165, 1.54) is 0 Å². The van der Waals surface area contributed by atoms with Gasteiger partial charge in [0.1, 0.15) is 0 Å². The van der Waals surface area contributed by atoms with Gasteiger partial charge in [0, 0.05) is 38.1 Å². The molecule has 0 aromatic heterocycles. The highest BCUT2D eigenvalue weighted by Gasteiger charge is 2.28. The fraction of sp³-hybridized carbons (Fsp3) is 0.750. The number of hydrogen-bond acceptors (Lipinski definition) is 4. The van der Waals surface area contributed by atoms with Crippen LogP contribution in [0.3, 0.4) is 0 Å². The van der Waals surface area contributed by atoms with Crippen LogP contribution in [0, 0.1) is 0 Å². The van der Waals surface area contributed by atoms with E-state index < -0.39 is 17.4 Å². The summed E-state index contributed by atoms with van der Waals surface area (Å²) in [4.78, 5) is 37.0. The quantitative estimate of drug-likeness (QED) is 0.602. The van der Waals surface area contributed by atoms with E-state index in [1.54, 1.807) is 23.6 Å². The monoisotopic (exact) mass is 286 g/mol. The van der Waals surface area contributed by atoms with Crippen LogP contribution < -0.4 is 11.1 Å². The van der Waals surface area contributed by atoms with Crippen molar-refractivity contribution >= 4 is 17.9 Å². The second-order valence-electron chi connectivity index (χ2n) is 5.61. The molecule has 0 radical (unpaired) electrons. The number of aliphatic carboxylic acids is 1. The lowest BCUT2D eigenvalue weighted by Crippen LogP contribution is -2.56. The number of nitrogens with two attached hydrogens (primary N) is 1. The topological polar surface area (TPSA) is 116 Å². The highest BCUT2D eigenvalue weighted by molar-refractivity contribution is 5.79. The minimum Gasteiger partial charge on any atom is -0.480 e. The first-order valence-electron chi connectivity index (χ1n) is 6.49. The van der Waals surface area contributed by atoms with Crippen LogP contribution in [-0.2, 0) is 9.59 Å². The number of primary amides is 1. The third-order valence-electron chi connectivity index (χ3n) is 3.08. The molecule has 0 unspecified atom stereocenters. The Morgan fingerprint density at radius 1 is 1.20 bits per heavy atom. The number of nitrogens with one attached hydrogen (secondary N) is 1. The Labute approximate surface area is 117 Å². The van der Waals surface area contributed by atoms with Gasteiger partial charge in [-0.05, 0) is 13.8 Å². The number of rotatable bonds is 5. The molecule has 1 fully saturated rings.